The van der Waals surface area contributed by atoms with Gasteiger partial charge in [-0.3, -0.25) is 4.79 Å². The lowest BCUT2D eigenvalue weighted by Crippen LogP contribution is -2.26. The fourth-order valence-electron chi connectivity index (χ4n) is 1.77. The fourth-order valence-corrected chi connectivity index (χ4v) is 1.77. The van der Waals surface area contributed by atoms with E-state index in [2.05, 4.69) is 0 Å². The first-order chi connectivity index (χ1) is 8.59. The van der Waals surface area contributed by atoms with Crippen LogP contribution in [0.3, 0.4) is 0 Å². The van der Waals surface area contributed by atoms with E-state index in [9.17, 15) is 9.18 Å². The second-order valence-corrected chi connectivity index (χ2v) is 4.16. The maximum Gasteiger partial charge on any atom is 0.258 e. The van der Waals surface area contributed by atoms with Crippen molar-refractivity contribution >= 4 is 11.6 Å². The molecule has 0 aliphatic rings. The normalized spacial score (nSPS) is 10.2. The molecule has 0 bridgehead atoms. The summed E-state index contributed by atoms with van der Waals surface area (Å²) in [6.45, 7) is 1.80. The number of nitrogens with zero attached hydrogens (tertiary/aromatic N) is 1. The van der Waals surface area contributed by atoms with E-state index in [-0.39, 0.29) is 5.91 Å². The zero-order valence-corrected chi connectivity index (χ0v) is 10.4. The summed E-state index contributed by atoms with van der Waals surface area (Å²) in [7, 11) is 1.68. The Labute approximate surface area is 106 Å². The van der Waals surface area contributed by atoms with E-state index in [1.807, 2.05) is 30.3 Å². The largest absolute Gasteiger partial charge is 0.311 e. The van der Waals surface area contributed by atoms with Gasteiger partial charge in [0.2, 0.25) is 0 Å². The van der Waals surface area contributed by atoms with E-state index in [0.29, 0.717) is 5.56 Å². The zero-order valence-electron chi connectivity index (χ0n) is 10.4. The van der Waals surface area contributed by atoms with Gasteiger partial charge in [0.05, 0.1) is 0 Å². The summed E-state index contributed by atoms with van der Waals surface area (Å²) in [5, 5.41) is 0. The highest BCUT2D eigenvalue weighted by Gasteiger charge is 2.15. The highest BCUT2D eigenvalue weighted by Crippen LogP contribution is 2.17. The third kappa shape index (κ3) is 2.40. The van der Waals surface area contributed by atoms with Gasteiger partial charge in [-0.05, 0) is 36.8 Å². The number of benzene rings is 2. The molecule has 2 rings (SSSR count). The first-order valence-corrected chi connectivity index (χ1v) is 5.69. The zero-order chi connectivity index (χ0) is 13.1. The number of carbonyl (C=O) groups is 1. The first-order valence-electron chi connectivity index (χ1n) is 5.69. The second-order valence-electron chi connectivity index (χ2n) is 4.16. The van der Waals surface area contributed by atoms with E-state index < -0.39 is 5.82 Å². The van der Waals surface area contributed by atoms with Gasteiger partial charge in [0.15, 0.2) is 0 Å². The number of para-hydroxylation sites is 1. The van der Waals surface area contributed by atoms with Crippen LogP contribution in [-0.4, -0.2) is 13.0 Å². The maximum absolute atomic E-state index is 13.2. The predicted octanol–water partition coefficient (Wildman–Crippen LogP) is 3.41. The smallest absolute Gasteiger partial charge is 0.258 e. The molecule has 18 heavy (non-hydrogen) atoms. The Bertz CT molecular complexity index is 566. The van der Waals surface area contributed by atoms with Gasteiger partial charge in [0.1, 0.15) is 5.82 Å². The van der Waals surface area contributed by atoms with Crippen molar-refractivity contribution in [3.8, 4) is 0 Å². The third-order valence-corrected chi connectivity index (χ3v) is 2.88. The number of amides is 1. The van der Waals surface area contributed by atoms with Crippen molar-refractivity contribution in [1.82, 2.24) is 0 Å². The molecule has 0 unspecified atom stereocenters. The van der Waals surface area contributed by atoms with Gasteiger partial charge in [-0.25, -0.2) is 4.39 Å². The summed E-state index contributed by atoms with van der Waals surface area (Å²) in [5.41, 5.74) is 1.94. The molecule has 0 saturated heterocycles. The van der Waals surface area contributed by atoms with Crippen LogP contribution in [0.15, 0.2) is 48.5 Å². The lowest BCUT2D eigenvalue weighted by Gasteiger charge is -2.18. The van der Waals surface area contributed by atoms with Gasteiger partial charge in [0, 0.05) is 18.3 Å². The molecule has 0 N–H and O–H groups in total. The summed E-state index contributed by atoms with van der Waals surface area (Å²) >= 11 is 0. The number of aryl methyl sites for hydroxylation is 1. The number of anilines is 1. The number of rotatable bonds is 2. The Morgan fingerprint density at radius 1 is 1.11 bits per heavy atom. The molecule has 92 valence electrons. The molecule has 0 radical (unpaired) electrons. The van der Waals surface area contributed by atoms with Gasteiger partial charge in [-0.1, -0.05) is 24.3 Å². The average Bonchev–Trinajstić information content (AvgIpc) is 2.41. The monoisotopic (exact) mass is 243 g/mol. The summed E-state index contributed by atoms with van der Waals surface area (Å²) < 4.78 is 13.2. The van der Waals surface area contributed by atoms with Crippen molar-refractivity contribution in [3.63, 3.8) is 0 Å². The molecular formula is C15H14FNO. The Kier molecular flexibility index (Phi) is 3.42. The van der Waals surface area contributed by atoms with Crippen LogP contribution in [0.1, 0.15) is 15.9 Å². The molecule has 2 nitrogen and oxygen atoms in total. The van der Waals surface area contributed by atoms with Crippen LogP contribution in [0.4, 0.5) is 10.1 Å². The third-order valence-electron chi connectivity index (χ3n) is 2.88. The van der Waals surface area contributed by atoms with Crippen molar-refractivity contribution in [1.29, 1.82) is 0 Å². The lowest BCUT2D eigenvalue weighted by molar-refractivity contribution is 0.0992. The van der Waals surface area contributed by atoms with Crippen molar-refractivity contribution in [3.05, 3.63) is 65.5 Å². The molecular weight excluding hydrogens is 229 g/mol. The highest BCUT2D eigenvalue weighted by atomic mass is 19.1. The van der Waals surface area contributed by atoms with Gasteiger partial charge in [-0.15, -0.1) is 0 Å². The summed E-state index contributed by atoms with van der Waals surface area (Å²) in [5.74, 6) is -0.608. The van der Waals surface area contributed by atoms with Crippen molar-refractivity contribution in [2.24, 2.45) is 0 Å². The van der Waals surface area contributed by atoms with Crippen molar-refractivity contribution in [2.45, 2.75) is 6.92 Å². The van der Waals surface area contributed by atoms with Crippen LogP contribution in [0.25, 0.3) is 0 Å². The molecule has 1 amide bonds. The molecule has 0 spiro atoms. The highest BCUT2D eigenvalue weighted by molar-refractivity contribution is 6.06. The van der Waals surface area contributed by atoms with Crippen LogP contribution in [-0.2, 0) is 0 Å². The van der Waals surface area contributed by atoms with E-state index in [4.69, 9.17) is 0 Å². The second kappa shape index (κ2) is 5.00. The number of hydrogen-bond acceptors (Lipinski definition) is 1. The minimum absolute atomic E-state index is 0.210. The molecule has 0 aliphatic heterocycles. The van der Waals surface area contributed by atoms with E-state index in [1.165, 1.54) is 17.0 Å². The van der Waals surface area contributed by atoms with E-state index in [0.717, 1.165) is 11.3 Å². The van der Waals surface area contributed by atoms with Crippen LogP contribution in [0.2, 0.25) is 0 Å². The van der Waals surface area contributed by atoms with Gasteiger partial charge >= 0.3 is 0 Å². The maximum atomic E-state index is 13.2. The molecule has 0 aliphatic carbocycles. The van der Waals surface area contributed by atoms with Crippen LogP contribution < -0.4 is 4.90 Å². The van der Waals surface area contributed by atoms with Crippen molar-refractivity contribution < 1.29 is 9.18 Å². The number of hydrogen-bond donors (Lipinski definition) is 0. The van der Waals surface area contributed by atoms with Crippen LogP contribution >= 0.6 is 0 Å². The minimum atomic E-state index is -0.398. The summed E-state index contributed by atoms with van der Waals surface area (Å²) in [4.78, 5) is 13.8. The molecule has 0 saturated carbocycles. The molecule has 3 heteroatoms. The molecule has 2 aromatic carbocycles. The Hall–Kier alpha value is -2.16. The average molecular weight is 243 g/mol. The molecule has 0 atom stereocenters. The van der Waals surface area contributed by atoms with Gasteiger partial charge in [0.25, 0.3) is 5.91 Å². The molecule has 2 aromatic rings. The lowest BCUT2D eigenvalue weighted by atomic mass is 10.1. The van der Waals surface area contributed by atoms with Gasteiger partial charge < -0.3 is 4.90 Å². The van der Waals surface area contributed by atoms with Gasteiger partial charge in [-0.2, -0.15) is 0 Å². The molecule has 0 fully saturated rings. The molecule has 0 aromatic heterocycles. The Morgan fingerprint density at radius 2 is 1.78 bits per heavy atom. The quantitative estimate of drug-likeness (QED) is 0.791. The summed E-state index contributed by atoms with van der Waals surface area (Å²) in [6, 6.07) is 13.5. The Balaban J connectivity index is 2.34. The topological polar surface area (TPSA) is 20.3 Å². The Morgan fingerprint density at radius 3 is 2.44 bits per heavy atom. The van der Waals surface area contributed by atoms with Crippen molar-refractivity contribution in [2.75, 3.05) is 11.9 Å². The standard InChI is InChI=1S/C15H14FNO/c1-11-8-9-12(16)10-14(11)15(18)17(2)13-6-4-3-5-7-13/h3-10H,1-2H3. The van der Waals surface area contributed by atoms with Crippen LogP contribution in [0, 0.1) is 12.7 Å². The van der Waals surface area contributed by atoms with E-state index in [1.54, 1.807) is 20.0 Å². The fraction of sp³-hybridized carbons (Fsp3) is 0.133. The predicted molar refractivity (Wildman–Crippen MR) is 70.3 cm³/mol. The SMILES string of the molecule is Cc1ccc(F)cc1C(=O)N(C)c1ccccc1. The summed E-state index contributed by atoms with van der Waals surface area (Å²) in [6.07, 6.45) is 0. The van der Waals surface area contributed by atoms with E-state index >= 15 is 0 Å². The number of halogens is 1. The number of carbonyl (C=O) groups excluding carboxylic acids is 1. The molecule has 0 heterocycles. The first kappa shape index (κ1) is 12.3. The van der Waals surface area contributed by atoms with Crippen LogP contribution in [0.5, 0.6) is 0 Å². The minimum Gasteiger partial charge on any atom is -0.311 e.